The van der Waals surface area contributed by atoms with E-state index in [9.17, 15) is 0 Å². The standard InChI is InChI=1S/C17H17N3O/c1-12-5-3-6-14(9-12)13(2)19-16-8-4-7-15(10-16)17-20-18-11-21-17/h3-11,13,19H,1-2H3. The first-order valence-electron chi connectivity index (χ1n) is 6.92. The van der Waals surface area contributed by atoms with Crippen molar-refractivity contribution in [3.8, 4) is 11.5 Å². The van der Waals surface area contributed by atoms with Gasteiger partial charge in [0.25, 0.3) is 0 Å². The largest absolute Gasteiger partial charge is 0.423 e. The summed E-state index contributed by atoms with van der Waals surface area (Å²) < 4.78 is 5.23. The molecule has 21 heavy (non-hydrogen) atoms. The third-order valence-corrected chi connectivity index (χ3v) is 3.39. The van der Waals surface area contributed by atoms with Crippen LogP contribution in [0.5, 0.6) is 0 Å². The van der Waals surface area contributed by atoms with Crippen LogP contribution in [0.3, 0.4) is 0 Å². The van der Waals surface area contributed by atoms with Crippen molar-refractivity contribution in [2.45, 2.75) is 19.9 Å². The lowest BCUT2D eigenvalue weighted by atomic mass is 10.1. The molecule has 0 saturated carbocycles. The molecule has 106 valence electrons. The first kappa shape index (κ1) is 13.4. The van der Waals surface area contributed by atoms with Gasteiger partial charge in [-0.25, -0.2) is 0 Å². The summed E-state index contributed by atoms with van der Waals surface area (Å²) in [6.07, 6.45) is 1.34. The zero-order chi connectivity index (χ0) is 14.7. The molecule has 0 amide bonds. The number of benzene rings is 2. The van der Waals surface area contributed by atoms with Gasteiger partial charge in [0.15, 0.2) is 0 Å². The van der Waals surface area contributed by atoms with Crippen LogP contribution < -0.4 is 5.32 Å². The van der Waals surface area contributed by atoms with Crippen molar-refractivity contribution in [3.63, 3.8) is 0 Å². The number of rotatable bonds is 4. The molecule has 0 aliphatic carbocycles. The summed E-state index contributed by atoms with van der Waals surface area (Å²) in [6, 6.07) is 16.7. The second-order valence-electron chi connectivity index (χ2n) is 5.10. The first-order valence-corrected chi connectivity index (χ1v) is 6.92. The van der Waals surface area contributed by atoms with Crippen molar-refractivity contribution in [1.29, 1.82) is 0 Å². The molecule has 0 aliphatic rings. The molecule has 1 N–H and O–H groups in total. The predicted molar refractivity (Wildman–Crippen MR) is 83.0 cm³/mol. The Labute approximate surface area is 123 Å². The lowest BCUT2D eigenvalue weighted by Gasteiger charge is -2.16. The van der Waals surface area contributed by atoms with Crippen molar-refractivity contribution >= 4 is 5.69 Å². The topological polar surface area (TPSA) is 51.0 Å². The summed E-state index contributed by atoms with van der Waals surface area (Å²) in [4.78, 5) is 0. The number of anilines is 1. The highest BCUT2D eigenvalue weighted by Gasteiger charge is 2.08. The number of nitrogens with one attached hydrogen (secondary N) is 1. The Morgan fingerprint density at radius 1 is 1.10 bits per heavy atom. The molecule has 4 nitrogen and oxygen atoms in total. The normalized spacial score (nSPS) is 12.1. The van der Waals surface area contributed by atoms with Crippen LogP contribution in [0.2, 0.25) is 0 Å². The molecule has 3 rings (SSSR count). The monoisotopic (exact) mass is 279 g/mol. The number of nitrogens with zero attached hydrogens (tertiary/aromatic N) is 2. The third-order valence-electron chi connectivity index (χ3n) is 3.39. The minimum Gasteiger partial charge on any atom is -0.423 e. The molecule has 4 heteroatoms. The Bertz CT molecular complexity index is 722. The van der Waals surface area contributed by atoms with Crippen LogP contribution in [0.1, 0.15) is 24.1 Å². The summed E-state index contributed by atoms with van der Waals surface area (Å²) in [6.45, 7) is 4.25. The van der Waals surface area contributed by atoms with Crippen molar-refractivity contribution in [2.24, 2.45) is 0 Å². The molecule has 0 aliphatic heterocycles. The molecular formula is C17H17N3O. The van der Waals surface area contributed by atoms with Crippen LogP contribution >= 0.6 is 0 Å². The first-order chi connectivity index (χ1) is 10.2. The van der Waals surface area contributed by atoms with E-state index in [0.717, 1.165) is 11.3 Å². The average molecular weight is 279 g/mol. The van der Waals surface area contributed by atoms with E-state index in [2.05, 4.69) is 53.6 Å². The van der Waals surface area contributed by atoms with Gasteiger partial charge in [-0.15, -0.1) is 10.2 Å². The van der Waals surface area contributed by atoms with Crippen LogP contribution in [-0.4, -0.2) is 10.2 Å². The van der Waals surface area contributed by atoms with Crippen LogP contribution in [0.15, 0.2) is 59.3 Å². The molecule has 0 radical (unpaired) electrons. The molecule has 1 unspecified atom stereocenters. The van der Waals surface area contributed by atoms with E-state index in [1.54, 1.807) is 0 Å². The molecule has 2 aromatic carbocycles. The molecule has 1 heterocycles. The van der Waals surface area contributed by atoms with Gasteiger partial charge in [0.05, 0.1) is 0 Å². The molecule has 0 fully saturated rings. The molecular weight excluding hydrogens is 262 g/mol. The fourth-order valence-corrected chi connectivity index (χ4v) is 2.31. The Balaban J connectivity index is 1.80. The molecule has 0 spiro atoms. The van der Waals surface area contributed by atoms with Crippen molar-refractivity contribution in [2.75, 3.05) is 5.32 Å². The van der Waals surface area contributed by atoms with Gasteiger partial charge in [-0.3, -0.25) is 0 Å². The quantitative estimate of drug-likeness (QED) is 0.777. The van der Waals surface area contributed by atoms with E-state index in [4.69, 9.17) is 4.42 Å². The number of aromatic nitrogens is 2. The molecule has 0 saturated heterocycles. The van der Waals surface area contributed by atoms with Gasteiger partial charge in [0.1, 0.15) is 0 Å². The van der Waals surface area contributed by atoms with Crippen LogP contribution in [0, 0.1) is 6.92 Å². The zero-order valence-corrected chi connectivity index (χ0v) is 12.1. The Morgan fingerprint density at radius 2 is 1.95 bits per heavy atom. The van der Waals surface area contributed by atoms with Crippen molar-refractivity contribution in [1.82, 2.24) is 10.2 Å². The van der Waals surface area contributed by atoms with E-state index >= 15 is 0 Å². The lowest BCUT2D eigenvalue weighted by molar-refractivity contribution is 0.568. The summed E-state index contributed by atoms with van der Waals surface area (Å²) in [5, 5.41) is 11.1. The highest BCUT2D eigenvalue weighted by atomic mass is 16.4. The highest BCUT2D eigenvalue weighted by Crippen LogP contribution is 2.24. The van der Waals surface area contributed by atoms with Crippen molar-refractivity contribution in [3.05, 3.63) is 66.1 Å². The minimum absolute atomic E-state index is 0.225. The van der Waals surface area contributed by atoms with Crippen LogP contribution in [0.25, 0.3) is 11.5 Å². The third kappa shape index (κ3) is 3.11. The van der Waals surface area contributed by atoms with Gasteiger partial charge >= 0.3 is 0 Å². The predicted octanol–water partition coefficient (Wildman–Crippen LogP) is 4.22. The number of hydrogen-bond acceptors (Lipinski definition) is 4. The lowest BCUT2D eigenvalue weighted by Crippen LogP contribution is -2.06. The van der Waals surface area contributed by atoms with Crippen LogP contribution in [-0.2, 0) is 0 Å². The number of hydrogen-bond donors (Lipinski definition) is 1. The summed E-state index contributed by atoms with van der Waals surface area (Å²) in [5.41, 5.74) is 4.47. The summed E-state index contributed by atoms with van der Waals surface area (Å²) >= 11 is 0. The molecule has 0 bridgehead atoms. The molecule has 3 aromatic rings. The minimum atomic E-state index is 0.225. The van der Waals surface area contributed by atoms with Gasteiger partial charge in [-0.1, -0.05) is 35.9 Å². The van der Waals surface area contributed by atoms with Gasteiger partial charge in [-0.05, 0) is 37.6 Å². The smallest absolute Gasteiger partial charge is 0.247 e. The van der Waals surface area contributed by atoms with Gasteiger partial charge in [-0.2, -0.15) is 0 Å². The second-order valence-corrected chi connectivity index (χ2v) is 5.10. The average Bonchev–Trinajstić information content (AvgIpc) is 3.02. The zero-order valence-electron chi connectivity index (χ0n) is 12.1. The summed E-state index contributed by atoms with van der Waals surface area (Å²) in [5.74, 6) is 0.529. The van der Waals surface area contributed by atoms with Gasteiger partial charge in [0, 0.05) is 17.3 Å². The second kappa shape index (κ2) is 5.79. The Morgan fingerprint density at radius 3 is 2.71 bits per heavy atom. The maximum atomic E-state index is 5.23. The van der Waals surface area contributed by atoms with Crippen LogP contribution in [0.4, 0.5) is 5.69 Å². The Hall–Kier alpha value is -2.62. The van der Waals surface area contributed by atoms with Crippen molar-refractivity contribution < 1.29 is 4.42 Å². The van der Waals surface area contributed by atoms with Gasteiger partial charge in [0.2, 0.25) is 12.3 Å². The molecule has 1 aromatic heterocycles. The number of aryl methyl sites for hydroxylation is 1. The fraction of sp³-hybridized carbons (Fsp3) is 0.176. The van der Waals surface area contributed by atoms with E-state index in [1.165, 1.54) is 17.5 Å². The fourth-order valence-electron chi connectivity index (χ4n) is 2.31. The highest BCUT2D eigenvalue weighted by molar-refractivity contribution is 5.61. The maximum Gasteiger partial charge on any atom is 0.247 e. The van der Waals surface area contributed by atoms with E-state index in [0.29, 0.717) is 5.89 Å². The molecule has 1 atom stereocenters. The Kier molecular flexibility index (Phi) is 3.69. The SMILES string of the molecule is Cc1cccc(C(C)Nc2cccc(-c3nnco3)c2)c1. The van der Waals surface area contributed by atoms with E-state index in [1.807, 2.05) is 24.3 Å². The van der Waals surface area contributed by atoms with E-state index in [-0.39, 0.29) is 6.04 Å². The van der Waals surface area contributed by atoms with E-state index < -0.39 is 0 Å². The van der Waals surface area contributed by atoms with Gasteiger partial charge < -0.3 is 9.73 Å². The summed E-state index contributed by atoms with van der Waals surface area (Å²) in [7, 11) is 0. The maximum absolute atomic E-state index is 5.23.